The van der Waals surface area contributed by atoms with E-state index in [9.17, 15) is 9.59 Å². The normalized spacial score (nSPS) is 10.5. The number of carbonyl (C=O) groups excluding carboxylic acids is 2. The number of hydrogen-bond donors (Lipinski definition) is 2. The summed E-state index contributed by atoms with van der Waals surface area (Å²) in [6.45, 7) is 1.94. The van der Waals surface area contributed by atoms with Gasteiger partial charge in [0.1, 0.15) is 0 Å². The van der Waals surface area contributed by atoms with Crippen LogP contribution in [0.4, 0.5) is 5.69 Å². The molecule has 0 fully saturated rings. The van der Waals surface area contributed by atoms with Gasteiger partial charge in [-0.2, -0.15) is 5.10 Å². The molecule has 2 aromatic rings. The van der Waals surface area contributed by atoms with Gasteiger partial charge in [0.05, 0.1) is 20.4 Å². The number of hydrazone groups is 1. The highest BCUT2D eigenvalue weighted by molar-refractivity contribution is 5.96. The summed E-state index contributed by atoms with van der Waals surface area (Å²) < 4.78 is 10.4. The zero-order chi connectivity index (χ0) is 19.6. The van der Waals surface area contributed by atoms with Gasteiger partial charge in [-0.1, -0.05) is 6.92 Å². The van der Waals surface area contributed by atoms with E-state index in [1.165, 1.54) is 6.21 Å². The van der Waals surface area contributed by atoms with Crippen molar-refractivity contribution < 1.29 is 19.1 Å². The summed E-state index contributed by atoms with van der Waals surface area (Å²) >= 11 is 0. The lowest BCUT2D eigenvalue weighted by Gasteiger charge is -2.07. The lowest BCUT2D eigenvalue weighted by Crippen LogP contribution is -2.17. The maximum Gasteiger partial charge on any atom is 0.271 e. The van der Waals surface area contributed by atoms with Crippen molar-refractivity contribution in [3.05, 3.63) is 53.6 Å². The van der Waals surface area contributed by atoms with Crippen LogP contribution in [0, 0.1) is 0 Å². The van der Waals surface area contributed by atoms with Gasteiger partial charge >= 0.3 is 0 Å². The van der Waals surface area contributed by atoms with Crippen LogP contribution < -0.4 is 20.2 Å². The highest BCUT2D eigenvalue weighted by atomic mass is 16.5. The minimum absolute atomic E-state index is 0.0470. The van der Waals surface area contributed by atoms with Crippen LogP contribution in [0.1, 0.15) is 35.7 Å². The molecule has 0 aliphatic rings. The van der Waals surface area contributed by atoms with Crippen LogP contribution in [-0.2, 0) is 4.79 Å². The van der Waals surface area contributed by atoms with Gasteiger partial charge in [-0.3, -0.25) is 9.59 Å². The number of methoxy groups -OCH3 is 2. The number of rotatable bonds is 8. The Balaban J connectivity index is 1.95. The van der Waals surface area contributed by atoms with Crippen molar-refractivity contribution >= 4 is 23.7 Å². The van der Waals surface area contributed by atoms with Gasteiger partial charge in [0.2, 0.25) is 5.91 Å². The maximum atomic E-state index is 12.1. The predicted molar refractivity (Wildman–Crippen MR) is 105 cm³/mol. The van der Waals surface area contributed by atoms with E-state index in [1.54, 1.807) is 56.7 Å². The summed E-state index contributed by atoms with van der Waals surface area (Å²) in [6.07, 6.45) is 2.76. The molecule has 142 valence electrons. The molecule has 0 spiro atoms. The van der Waals surface area contributed by atoms with Crippen molar-refractivity contribution in [1.82, 2.24) is 5.43 Å². The Bertz CT molecular complexity index is 816. The van der Waals surface area contributed by atoms with Gasteiger partial charge in [-0.25, -0.2) is 5.43 Å². The lowest BCUT2D eigenvalue weighted by molar-refractivity contribution is -0.116. The van der Waals surface area contributed by atoms with Crippen LogP contribution in [0.2, 0.25) is 0 Å². The highest BCUT2D eigenvalue weighted by Crippen LogP contribution is 2.26. The Morgan fingerprint density at radius 2 is 1.74 bits per heavy atom. The van der Waals surface area contributed by atoms with Crippen LogP contribution in [0.3, 0.4) is 0 Å². The van der Waals surface area contributed by atoms with Crippen molar-refractivity contribution in [3.63, 3.8) is 0 Å². The first-order chi connectivity index (χ1) is 13.1. The molecule has 0 radical (unpaired) electrons. The fourth-order valence-corrected chi connectivity index (χ4v) is 2.32. The molecule has 27 heavy (non-hydrogen) atoms. The third-order valence-electron chi connectivity index (χ3n) is 3.70. The molecule has 2 aromatic carbocycles. The minimum atomic E-state index is -0.349. The zero-order valence-corrected chi connectivity index (χ0v) is 15.6. The maximum absolute atomic E-state index is 12.1. The van der Waals surface area contributed by atoms with E-state index in [0.717, 1.165) is 12.0 Å². The predicted octanol–water partition coefficient (Wildman–Crippen LogP) is 3.21. The molecule has 0 aliphatic carbocycles. The van der Waals surface area contributed by atoms with Gasteiger partial charge in [0.15, 0.2) is 11.5 Å². The van der Waals surface area contributed by atoms with Crippen LogP contribution in [-0.4, -0.2) is 32.2 Å². The summed E-state index contributed by atoms with van der Waals surface area (Å²) in [5.41, 5.74) is 4.31. The molecule has 2 N–H and O–H groups in total. The van der Waals surface area contributed by atoms with Crippen LogP contribution in [0.25, 0.3) is 0 Å². The molecular formula is C20H23N3O4. The second-order valence-corrected chi connectivity index (χ2v) is 5.69. The summed E-state index contributed by atoms with van der Waals surface area (Å²) in [5, 5.41) is 6.72. The van der Waals surface area contributed by atoms with E-state index in [1.807, 2.05) is 6.92 Å². The molecule has 0 saturated heterocycles. The van der Waals surface area contributed by atoms with E-state index in [4.69, 9.17) is 9.47 Å². The standard InChI is InChI=1S/C20H23N3O4/c1-4-5-19(24)22-16-9-7-15(8-10-16)20(25)23-21-13-14-6-11-17(26-2)18(12-14)27-3/h6-13H,4-5H2,1-3H3,(H,22,24)(H,23,25)/b21-13+. The number of benzene rings is 2. The summed E-state index contributed by atoms with van der Waals surface area (Å²) in [5.74, 6) is 0.797. The van der Waals surface area contributed by atoms with E-state index in [0.29, 0.717) is 29.2 Å². The molecule has 0 saturated carbocycles. The molecule has 0 heterocycles. The monoisotopic (exact) mass is 369 g/mol. The van der Waals surface area contributed by atoms with Gasteiger partial charge < -0.3 is 14.8 Å². The third kappa shape index (κ3) is 5.85. The molecule has 0 aliphatic heterocycles. The molecule has 0 atom stereocenters. The summed E-state index contributed by atoms with van der Waals surface area (Å²) in [4.78, 5) is 23.7. The number of nitrogens with zero attached hydrogens (tertiary/aromatic N) is 1. The Morgan fingerprint density at radius 3 is 2.37 bits per heavy atom. The van der Waals surface area contributed by atoms with E-state index >= 15 is 0 Å². The second-order valence-electron chi connectivity index (χ2n) is 5.69. The van der Waals surface area contributed by atoms with Crippen LogP contribution in [0.15, 0.2) is 47.6 Å². The molecule has 2 amide bonds. The number of anilines is 1. The van der Waals surface area contributed by atoms with Crippen LogP contribution >= 0.6 is 0 Å². The molecule has 0 aromatic heterocycles. The Morgan fingerprint density at radius 1 is 1.04 bits per heavy atom. The molecule has 0 unspecified atom stereocenters. The van der Waals surface area contributed by atoms with E-state index in [2.05, 4.69) is 15.8 Å². The lowest BCUT2D eigenvalue weighted by atomic mass is 10.2. The minimum Gasteiger partial charge on any atom is -0.493 e. The second kappa shape index (κ2) is 9.96. The first-order valence-electron chi connectivity index (χ1n) is 8.52. The van der Waals surface area contributed by atoms with Crippen molar-refractivity contribution in [1.29, 1.82) is 0 Å². The SMILES string of the molecule is CCCC(=O)Nc1ccc(C(=O)N/N=C/c2ccc(OC)c(OC)c2)cc1. The Labute approximate surface area is 158 Å². The van der Waals surface area contributed by atoms with Crippen LogP contribution in [0.5, 0.6) is 11.5 Å². The number of nitrogens with one attached hydrogen (secondary N) is 2. The van der Waals surface area contributed by atoms with Gasteiger partial charge in [0.25, 0.3) is 5.91 Å². The van der Waals surface area contributed by atoms with E-state index < -0.39 is 0 Å². The molecule has 2 rings (SSSR count). The Kier molecular flexibility index (Phi) is 7.37. The summed E-state index contributed by atoms with van der Waals surface area (Å²) in [6, 6.07) is 11.9. The smallest absolute Gasteiger partial charge is 0.271 e. The molecule has 7 heteroatoms. The third-order valence-corrected chi connectivity index (χ3v) is 3.70. The molecule has 0 bridgehead atoms. The molecule has 7 nitrogen and oxygen atoms in total. The molecular weight excluding hydrogens is 346 g/mol. The first-order valence-corrected chi connectivity index (χ1v) is 8.52. The van der Waals surface area contributed by atoms with Gasteiger partial charge in [0, 0.05) is 17.7 Å². The van der Waals surface area contributed by atoms with Gasteiger partial charge in [-0.05, 0) is 54.4 Å². The summed E-state index contributed by atoms with van der Waals surface area (Å²) in [7, 11) is 3.11. The number of amides is 2. The highest BCUT2D eigenvalue weighted by Gasteiger charge is 2.06. The largest absolute Gasteiger partial charge is 0.493 e. The van der Waals surface area contributed by atoms with Crippen molar-refractivity contribution in [2.45, 2.75) is 19.8 Å². The average Bonchev–Trinajstić information content (AvgIpc) is 2.68. The zero-order valence-electron chi connectivity index (χ0n) is 15.6. The number of ether oxygens (including phenoxy) is 2. The number of carbonyl (C=O) groups is 2. The van der Waals surface area contributed by atoms with E-state index in [-0.39, 0.29) is 11.8 Å². The topological polar surface area (TPSA) is 89.0 Å². The van der Waals surface area contributed by atoms with Crippen molar-refractivity contribution in [3.8, 4) is 11.5 Å². The average molecular weight is 369 g/mol. The quantitative estimate of drug-likeness (QED) is 0.552. The fourth-order valence-electron chi connectivity index (χ4n) is 2.32. The number of hydrogen-bond acceptors (Lipinski definition) is 5. The Hall–Kier alpha value is -3.35. The van der Waals surface area contributed by atoms with Crippen molar-refractivity contribution in [2.24, 2.45) is 5.10 Å². The van der Waals surface area contributed by atoms with Gasteiger partial charge in [-0.15, -0.1) is 0 Å². The first kappa shape index (κ1) is 20.0. The van der Waals surface area contributed by atoms with Crippen molar-refractivity contribution in [2.75, 3.05) is 19.5 Å². The fraction of sp³-hybridized carbons (Fsp3) is 0.250.